The van der Waals surface area contributed by atoms with Crippen LogP contribution < -0.4 is 5.14 Å². The SMILES string of the molecule is CCCCCCCCc1cc(O)c(C(F)(F)F)cc1S(N)(=O)=O. The third-order valence-corrected chi connectivity index (χ3v) is 4.58. The number of alkyl halides is 3. The summed E-state index contributed by atoms with van der Waals surface area (Å²) in [5, 5.41) is 14.5. The Morgan fingerprint density at radius 2 is 1.65 bits per heavy atom. The number of sulfonamides is 1. The summed E-state index contributed by atoms with van der Waals surface area (Å²) in [5.41, 5.74) is -1.28. The first-order valence-electron chi connectivity index (χ1n) is 7.53. The minimum atomic E-state index is -4.85. The van der Waals surface area contributed by atoms with Crippen molar-refractivity contribution in [2.24, 2.45) is 5.14 Å². The van der Waals surface area contributed by atoms with Crippen molar-refractivity contribution in [2.45, 2.75) is 62.9 Å². The van der Waals surface area contributed by atoms with Crippen LogP contribution in [0.15, 0.2) is 17.0 Å². The van der Waals surface area contributed by atoms with Crippen molar-refractivity contribution in [3.63, 3.8) is 0 Å². The molecule has 0 fully saturated rings. The van der Waals surface area contributed by atoms with Crippen LogP contribution in [0, 0.1) is 0 Å². The zero-order valence-corrected chi connectivity index (χ0v) is 13.8. The summed E-state index contributed by atoms with van der Waals surface area (Å²) in [6.07, 6.45) is 1.13. The fourth-order valence-corrected chi connectivity index (χ4v) is 3.20. The standard InChI is InChI=1S/C15H22F3NO3S/c1-2-3-4-5-6-7-8-11-9-13(20)12(15(16,17)18)10-14(11)23(19,21)22/h9-10,20H,2-8H2,1H3,(H2,19,21,22). The van der Waals surface area contributed by atoms with Gasteiger partial charge in [-0.2, -0.15) is 13.2 Å². The predicted octanol–water partition coefficient (Wildman–Crippen LogP) is 3.96. The smallest absolute Gasteiger partial charge is 0.419 e. The summed E-state index contributed by atoms with van der Waals surface area (Å²) in [6.45, 7) is 2.09. The van der Waals surface area contributed by atoms with Crippen LogP contribution in [0.3, 0.4) is 0 Å². The number of unbranched alkanes of at least 4 members (excludes halogenated alkanes) is 5. The Bertz CT molecular complexity index is 628. The number of hydrogen-bond donors (Lipinski definition) is 2. The minimum Gasteiger partial charge on any atom is -0.507 e. The van der Waals surface area contributed by atoms with Crippen molar-refractivity contribution >= 4 is 10.0 Å². The van der Waals surface area contributed by atoms with E-state index in [-0.39, 0.29) is 12.0 Å². The zero-order chi connectivity index (χ0) is 17.7. The number of primary sulfonamides is 1. The molecule has 0 spiro atoms. The number of benzene rings is 1. The van der Waals surface area contributed by atoms with E-state index in [2.05, 4.69) is 6.92 Å². The maximum absolute atomic E-state index is 12.8. The lowest BCUT2D eigenvalue weighted by atomic mass is 10.0. The molecule has 0 heterocycles. The summed E-state index contributed by atoms with van der Waals surface area (Å²) >= 11 is 0. The Kier molecular flexibility index (Phi) is 6.88. The van der Waals surface area contributed by atoms with Crippen LogP contribution >= 0.6 is 0 Å². The molecule has 1 aromatic carbocycles. The van der Waals surface area contributed by atoms with E-state index < -0.39 is 32.4 Å². The van der Waals surface area contributed by atoms with Crippen molar-refractivity contribution in [2.75, 3.05) is 0 Å². The van der Waals surface area contributed by atoms with Crippen LogP contribution in [-0.2, 0) is 22.6 Å². The molecule has 4 nitrogen and oxygen atoms in total. The van der Waals surface area contributed by atoms with Crippen molar-refractivity contribution in [1.82, 2.24) is 0 Å². The lowest BCUT2D eigenvalue weighted by Gasteiger charge is -2.14. The van der Waals surface area contributed by atoms with Gasteiger partial charge in [-0.05, 0) is 30.5 Å². The second kappa shape index (κ2) is 8.01. The monoisotopic (exact) mass is 353 g/mol. The van der Waals surface area contributed by atoms with Crippen molar-refractivity contribution < 1.29 is 26.7 Å². The molecule has 8 heteroatoms. The molecule has 0 bridgehead atoms. The number of hydrogen-bond acceptors (Lipinski definition) is 3. The number of phenolic OH excluding ortho intramolecular Hbond substituents is 1. The molecule has 0 atom stereocenters. The average molecular weight is 353 g/mol. The van der Waals surface area contributed by atoms with E-state index in [9.17, 15) is 26.7 Å². The second-order valence-electron chi connectivity index (χ2n) is 5.54. The first kappa shape index (κ1) is 19.8. The molecule has 3 N–H and O–H groups in total. The Balaban J connectivity index is 2.96. The second-order valence-corrected chi connectivity index (χ2v) is 7.07. The average Bonchev–Trinajstić information content (AvgIpc) is 2.39. The summed E-state index contributed by atoms with van der Waals surface area (Å²) in [7, 11) is -4.30. The van der Waals surface area contributed by atoms with Crippen molar-refractivity contribution in [1.29, 1.82) is 0 Å². The molecule has 1 aromatic rings. The fourth-order valence-electron chi connectivity index (χ4n) is 2.39. The van der Waals surface area contributed by atoms with Crippen LogP contribution in [0.25, 0.3) is 0 Å². The molecular weight excluding hydrogens is 331 g/mol. The normalized spacial score (nSPS) is 12.6. The largest absolute Gasteiger partial charge is 0.507 e. The number of phenols is 1. The third kappa shape index (κ3) is 6.02. The highest BCUT2D eigenvalue weighted by atomic mass is 32.2. The highest BCUT2D eigenvalue weighted by molar-refractivity contribution is 7.89. The molecular formula is C15H22F3NO3S. The summed E-state index contributed by atoms with van der Waals surface area (Å²) in [6, 6.07) is 1.27. The maximum Gasteiger partial charge on any atom is 0.419 e. The van der Waals surface area contributed by atoms with E-state index in [1.807, 2.05) is 0 Å². The van der Waals surface area contributed by atoms with Crippen LogP contribution in [-0.4, -0.2) is 13.5 Å². The van der Waals surface area contributed by atoms with Crippen LogP contribution in [0.5, 0.6) is 5.75 Å². The van der Waals surface area contributed by atoms with Crippen LogP contribution in [0.4, 0.5) is 13.2 Å². The lowest BCUT2D eigenvalue weighted by molar-refractivity contribution is -0.138. The van der Waals surface area contributed by atoms with E-state index in [1.165, 1.54) is 0 Å². The van der Waals surface area contributed by atoms with Gasteiger partial charge in [0.25, 0.3) is 0 Å². The van der Waals surface area contributed by atoms with Crippen LogP contribution in [0.1, 0.15) is 56.6 Å². The fraction of sp³-hybridized carbons (Fsp3) is 0.600. The molecule has 1 rings (SSSR count). The van der Waals surface area contributed by atoms with Crippen molar-refractivity contribution in [3.05, 3.63) is 23.3 Å². The molecule has 23 heavy (non-hydrogen) atoms. The topological polar surface area (TPSA) is 80.4 Å². The number of aryl methyl sites for hydroxylation is 1. The van der Waals surface area contributed by atoms with Crippen LogP contribution in [0.2, 0.25) is 0 Å². The molecule has 132 valence electrons. The van der Waals surface area contributed by atoms with Gasteiger partial charge in [0, 0.05) is 0 Å². The van der Waals surface area contributed by atoms with E-state index in [4.69, 9.17) is 5.14 Å². The van der Waals surface area contributed by atoms with Gasteiger partial charge < -0.3 is 5.11 Å². The Morgan fingerprint density at radius 1 is 1.09 bits per heavy atom. The molecule has 0 saturated carbocycles. The molecule has 0 aliphatic rings. The van der Waals surface area contributed by atoms with E-state index in [1.54, 1.807) is 0 Å². The van der Waals surface area contributed by atoms with Gasteiger partial charge in [0.1, 0.15) is 5.75 Å². The highest BCUT2D eigenvalue weighted by Crippen LogP contribution is 2.38. The van der Waals surface area contributed by atoms with E-state index in [0.29, 0.717) is 12.5 Å². The van der Waals surface area contributed by atoms with Gasteiger partial charge in [-0.25, -0.2) is 13.6 Å². The quantitative estimate of drug-likeness (QED) is 0.694. The lowest BCUT2D eigenvalue weighted by Crippen LogP contribution is -2.17. The van der Waals surface area contributed by atoms with Gasteiger partial charge in [-0.1, -0.05) is 39.0 Å². The number of aromatic hydroxyl groups is 1. The molecule has 0 unspecified atom stereocenters. The van der Waals surface area contributed by atoms with E-state index in [0.717, 1.165) is 38.2 Å². The number of halogens is 3. The molecule has 0 amide bonds. The molecule has 0 saturated heterocycles. The first-order chi connectivity index (χ1) is 10.6. The third-order valence-electron chi connectivity index (χ3n) is 3.59. The number of nitrogens with two attached hydrogens (primary N) is 1. The van der Waals surface area contributed by atoms with Gasteiger partial charge in [0.05, 0.1) is 10.5 Å². The zero-order valence-electron chi connectivity index (χ0n) is 13.0. The summed E-state index contributed by atoms with van der Waals surface area (Å²) < 4.78 is 61.4. The van der Waals surface area contributed by atoms with Gasteiger partial charge in [0.2, 0.25) is 10.0 Å². The molecule has 0 aliphatic heterocycles. The van der Waals surface area contributed by atoms with Gasteiger partial charge in [0.15, 0.2) is 0 Å². The maximum atomic E-state index is 12.8. The molecule has 0 aliphatic carbocycles. The molecule has 0 aromatic heterocycles. The molecule has 0 radical (unpaired) electrons. The predicted molar refractivity (Wildman–Crippen MR) is 81.6 cm³/mol. The minimum absolute atomic E-state index is 0.119. The van der Waals surface area contributed by atoms with Gasteiger partial charge in [-0.15, -0.1) is 0 Å². The van der Waals surface area contributed by atoms with Gasteiger partial charge >= 0.3 is 6.18 Å². The Morgan fingerprint density at radius 3 is 2.17 bits per heavy atom. The number of rotatable bonds is 8. The van der Waals surface area contributed by atoms with Gasteiger partial charge in [-0.3, -0.25) is 0 Å². The first-order valence-corrected chi connectivity index (χ1v) is 9.08. The Hall–Kier alpha value is -1.28. The highest BCUT2D eigenvalue weighted by Gasteiger charge is 2.35. The summed E-state index contributed by atoms with van der Waals surface area (Å²) in [5.74, 6) is -0.981. The van der Waals surface area contributed by atoms with E-state index >= 15 is 0 Å². The summed E-state index contributed by atoms with van der Waals surface area (Å²) in [4.78, 5) is -0.573. The Labute approximate surface area is 134 Å². The van der Waals surface area contributed by atoms with Crippen molar-refractivity contribution in [3.8, 4) is 5.75 Å².